The van der Waals surface area contributed by atoms with E-state index < -0.39 is 0 Å². The quantitative estimate of drug-likeness (QED) is 0.671. The molecule has 0 bridgehead atoms. The van der Waals surface area contributed by atoms with E-state index in [4.69, 9.17) is 20.5 Å². The van der Waals surface area contributed by atoms with Crippen molar-refractivity contribution >= 4 is 17.5 Å². The molecule has 2 aromatic heterocycles. The molecular formula is C19H17ClN2O3. The zero-order valence-corrected chi connectivity index (χ0v) is 14.5. The lowest BCUT2D eigenvalue weighted by Gasteiger charge is -2.23. The van der Waals surface area contributed by atoms with Crippen LogP contribution in [-0.4, -0.2) is 22.5 Å². The van der Waals surface area contributed by atoms with Gasteiger partial charge in [-0.1, -0.05) is 35.0 Å². The molecule has 0 N–H and O–H groups in total. The van der Waals surface area contributed by atoms with Gasteiger partial charge in [-0.05, 0) is 38.0 Å². The first-order valence-electron chi connectivity index (χ1n) is 8.22. The summed E-state index contributed by atoms with van der Waals surface area (Å²) in [6.45, 7) is 2.43. The first-order valence-corrected chi connectivity index (χ1v) is 8.60. The predicted octanol–water partition coefficient (Wildman–Crippen LogP) is 4.87. The summed E-state index contributed by atoms with van der Waals surface area (Å²) in [5.74, 6) is 1.19. The number of hydrogen-bond donors (Lipinski definition) is 0. The third-order valence-electron chi connectivity index (χ3n) is 4.59. The number of furan rings is 1. The summed E-state index contributed by atoms with van der Waals surface area (Å²) in [5.41, 5.74) is 1.64. The largest absolute Gasteiger partial charge is 0.467 e. The van der Waals surface area contributed by atoms with E-state index in [0.717, 1.165) is 18.6 Å². The van der Waals surface area contributed by atoms with Gasteiger partial charge in [0.25, 0.3) is 5.91 Å². The summed E-state index contributed by atoms with van der Waals surface area (Å²) in [7, 11) is 0. The van der Waals surface area contributed by atoms with Crippen LogP contribution in [-0.2, 0) is 0 Å². The minimum Gasteiger partial charge on any atom is -0.467 e. The van der Waals surface area contributed by atoms with Crippen LogP contribution in [0.1, 0.15) is 40.8 Å². The number of amides is 1. The van der Waals surface area contributed by atoms with Crippen LogP contribution in [0.2, 0.25) is 5.02 Å². The number of benzene rings is 1. The smallest absolute Gasteiger partial charge is 0.260 e. The van der Waals surface area contributed by atoms with E-state index >= 15 is 0 Å². The van der Waals surface area contributed by atoms with Crippen molar-refractivity contribution in [1.29, 1.82) is 0 Å². The van der Waals surface area contributed by atoms with Crippen molar-refractivity contribution in [2.24, 2.45) is 0 Å². The van der Waals surface area contributed by atoms with Gasteiger partial charge in [0.2, 0.25) is 0 Å². The molecule has 1 aromatic carbocycles. The number of nitrogens with zero attached hydrogens (tertiary/aromatic N) is 2. The van der Waals surface area contributed by atoms with Gasteiger partial charge < -0.3 is 13.8 Å². The Morgan fingerprint density at radius 3 is 2.88 bits per heavy atom. The van der Waals surface area contributed by atoms with Gasteiger partial charge in [-0.15, -0.1) is 0 Å². The molecule has 1 atom stereocenters. The topological polar surface area (TPSA) is 59.5 Å². The Bertz CT molecular complexity index is 901. The number of aryl methyl sites for hydroxylation is 1. The van der Waals surface area contributed by atoms with Crippen LogP contribution in [0.25, 0.3) is 11.3 Å². The molecule has 3 heterocycles. The second-order valence-corrected chi connectivity index (χ2v) is 6.52. The lowest BCUT2D eigenvalue weighted by molar-refractivity contribution is 0.0719. The van der Waals surface area contributed by atoms with Crippen LogP contribution in [0.3, 0.4) is 0 Å². The van der Waals surface area contributed by atoms with Gasteiger partial charge in [0.05, 0.1) is 17.3 Å². The third kappa shape index (κ3) is 2.74. The normalized spacial score (nSPS) is 17.2. The summed E-state index contributed by atoms with van der Waals surface area (Å²) in [5, 5.41) is 4.63. The fourth-order valence-corrected chi connectivity index (χ4v) is 3.62. The number of hydrogen-bond acceptors (Lipinski definition) is 4. The lowest BCUT2D eigenvalue weighted by Crippen LogP contribution is -2.31. The average Bonchev–Trinajstić information content (AvgIpc) is 3.35. The van der Waals surface area contributed by atoms with E-state index in [1.165, 1.54) is 0 Å². The zero-order chi connectivity index (χ0) is 17.4. The van der Waals surface area contributed by atoms with Gasteiger partial charge in [0.1, 0.15) is 22.8 Å². The van der Waals surface area contributed by atoms with Gasteiger partial charge in [-0.2, -0.15) is 0 Å². The van der Waals surface area contributed by atoms with Crippen molar-refractivity contribution in [2.45, 2.75) is 25.8 Å². The lowest BCUT2D eigenvalue weighted by atomic mass is 10.0. The van der Waals surface area contributed by atoms with Crippen LogP contribution in [0.15, 0.2) is 51.6 Å². The number of carbonyl (C=O) groups excluding carboxylic acids is 1. The highest BCUT2D eigenvalue weighted by Gasteiger charge is 2.35. The highest BCUT2D eigenvalue weighted by Crippen LogP contribution is 2.37. The molecule has 4 rings (SSSR count). The van der Waals surface area contributed by atoms with Crippen molar-refractivity contribution < 1.29 is 13.7 Å². The van der Waals surface area contributed by atoms with Crippen LogP contribution in [0.5, 0.6) is 0 Å². The summed E-state index contributed by atoms with van der Waals surface area (Å²) in [6.07, 6.45) is 3.45. The Labute approximate surface area is 150 Å². The second kappa shape index (κ2) is 6.41. The van der Waals surface area contributed by atoms with Gasteiger partial charge >= 0.3 is 0 Å². The number of likely N-dealkylation sites (tertiary alicyclic amines) is 1. The molecular weight excluding hydrogens is 340 g/mol. The number of aromatic nitrogens is 1. The van der Waals surface area contributed by atoms with Gasteiger partial charge in [0.15, 0.2) is 0 Å². The number of halogens is 1. The molecule has 0 spiro atoms. The van der Waals surface area contributed by atoms with Gasteiger partial charge in [-0.3, -0.25) is 4.79 Å². The number of carbonyl (C=O) groups is 1. The molecule has 1 saturated heterocycles. The molecule has 0 saturated carbocycles. The predicted molar refractivity (Wildman–Crippen MR) is 93.4 cm³/mol. The first-order chi connectivity index (χ1) is 12.2. The Morgan fingerprint density at radius 1 is 1.28 bits per heavy atom. The standard InChI is InChI=1S/C19H17ClN2O3/c1-12-17(18(21-25-12)13-6-2-3-7-14(13)20)19(23)22-10-4-8-15(22)16-9-5-11-24-16/h2-3,5-7,9,11,15H,4,8,10H2,1H3. The molecule has 128 valence electrons. The highest BCUT2D eigenvalue weighted by molar-refractivity contribution is 6.33. The molecule has 1 aliphatic heterocycles. The van der Waals surface area contributed by atoms with Crippen LogP contribution in [0.4, 0.5) is 0 Å². The maximum Gasteiger partial charge on any atom is 0.260 e. The zero-order valence-electron chi connectivity index (χ0n) is 13.7. The van der Waals surface area contributed by atoms with Crippen molar-refractivity contribution in [1.82, 2.24) is 10.1 Å². The van der Waals surface area contributed by atoms with Gasteiger partial charge in [0, 0.05) is 12.1 Å². The van der Waals surface area contributed by atoms with Crippen LogP contribution in [0, 0.1) is 6.92 Å². The molecule has 1 aliphatic rings. The summed E-state index contributed by atoms with van der Waals surface area (Å²) >= 11 is 6.29. The molecule has 5 nitrogen and oxygen atoms in total. The second-order valence-electron chi connectivity index (χ2n) is 6.11. The first kappa shape index (κ1) is 16.0. The molecule has 1 fully saturated rings. The molecule has 3 aromatic rings. The monoisotopic (exact) mass is 356 g/mol. The van der Waals surface area contributed by atoms with Crippen LogP contribution >= 0.6 is 11.6 Å². The minimum atomic E-state index is -0.104. The van der Waals surface area contributed by atoms with E-state index in [9.17, 15) is 4.79 Å². The Kier molecular flexibility index (Phi) is 4.09. The highest BCUT2D eigenvalue weighted by atomic mass is 35.5. The van der Waals surface area contributed by atoms with Crippen molar-refractivity contribution in [3.63, 3.8) is 0 Å². The Morgan fingerprint density at radius 2 is 2.12 bits per heavy atom. The summed E-state index contributed by atoms with van der Waals surface area (Å²) in [6, 6.07) is 11.0. The van der Waals surface area contributed by atoms with Crippen LogP contribution < -0.4 is 0 Å². The molecule has 1 amide bonds. The van der Waals surface area contributed by atoms with E-state index in [1.54, 1.807) is 19.3 Å². The van der Waals surface area contributed by atoms with E-state index in [0.29, 0.717) is 34.1 Å². The number of rotatable bonds is 3. The molecule has 0 radical (unpaired) electrons. The third-order valence-corrected chi connectivity index (χ3v) is 4.92. The SMILES string of the molecule is Cc1onc(-c2ccccc2Cl)c1C(=O)N1CCCC1c1ccco1. The molecule has 25 heavy (non-hydrogen) atoms. The maximum absolute atomic E-state index is 13.3. The maximum atomic E-state index is 13.3. The van der Waals surface area contributed by atoms with Crippen molar-refractivity contribution in [3.8, 4) is 11.3 Å². The Hall–Kier alpha value is -2.53. The van der Waals surface area contributed by atoms with Crippen molar-refractivity contribution in [3.05, 3.63) is 64.8 Å². The molecule has 0 aliphatic carbocycles. The summed E-state index contributed by atoms with van der Waals surface area (Å²) < 4.78 is 10.9. The molecule has 6 heteroatoms. The average molecular weight is 357 g/mol. The fraction of sp³-hybridized carbons (Fsp3) is 0.263. The van der Waals surface area contributed by atoms with Gasteiger partial charge in [-0.25, -0.2) is 0 Å². The molecule has 1 unspecified atom stereocenters. The van der Waals surface area contributed by atoms with Crippen molar-refractivity contribution in [2.75, 3.05) is 6.54 Å². The van der Waals surface area contributed by atoms with E-state index in [2.05, 4.69) is 5.16 Å². The van der Waals surface area contributed by atoms with E-state index in [-0.39, 0.29) is 11.9 Å². The van der Waals surface area contributed by atoms with E-state index in [1.807, 2.05) is 35.2 Å². The summed E-state index contributed by atoms with van der Waals surface area (Å²) in [4.78, 5) is 15.1. The Balaban J connectivity index is 1.74. The fourth-order valence-electron chi connectivity index (χ4n) is 3.39. The minimum absolute atomic E-state index is 0.0594.